The number of fused-ring (bicyclic) bond motifs is 1. The first kappa shape index (κ1) is 19.8. The topological polar surface area (TPSA) is 71.0 Å². The molecule has 0 spiro atoms. The maximum Gasteiger partial charge on any atom is 0.225 e. The number of benzene rings is 1. The van der Waals surface area contributed by atoms with Gasteiger partial charge in [0.15, 0.2) is 5.78 Å². The van der Waals surface area contributed by atoms with Crippen LogP contribution in [0, 0.1) is 31.5 Å². The van der Waals surface area contributed by atoms with E-state index in [4.69, 9.17) is 0 Å². The lowest BCUT2D eigenvalue weighted by molar-refractivity contribution is 0.0927. The number of pyridine rings is 1. The van der Waals surface area contributed by atoms with E-state index in [9.17, 15) is 9.18 Å². The van der Waals surface area contributed by atoms with Gasteiger partial charge in [0, 0.05) is 48.7 Å². The lowest BCUT2D eigenvalue weighted by atomic mass is 9.87. The second-order valence-corrected chi connectivity index (χ2v) is 8.41. The first-order valence-electron chi connectivity index (χ1n) is 10.6. The third kappa shape index (κ3) is 3.59. The summed E-state index contributed by atoms with van der Waals surface area (Å²) in [5.74, 6) is 0.357. The van der Waals surface area contributed by atoms with Gasteiger partial charge in [-0.05, 0) is 44.0 Å². The van der Waals surface area contributed by atoms with Crippen molar-refractivity contribution in [2.45, 2.75) is 19.9 Å². The number of Topliss-reactive ketones (excluding diaryl/α,β-unsaturated/α-hetero) is 1. The van der Waals surface area contributed by atoms with Crippen LogP contribution >= 0.6 is 0 Å². The van der Waals surface area contributed by atoms with Crippen LogP contribution in [0.25, 0.3) is 11.3 Å². The molecule has 31 heavy (non-hydrogen) atoms. The molecule has 5 rings (SSSR count). The van der Waals surface area contributed by atoms with Crippen molar-refractivity contribution in [3.05, 3.63) is 71.4 Å². The van der Waals surface area contributed by atoms with Crippen LogP contribution in [0.15, 0.2) is 48.7 Å². The molecule has 7 heteroatoms. The van der Waals surface area contributed by atoms with Gasteiger partial charge in [-0.1, -0.05) is 18.2 Å². The summed E-state index contributed by atoms with van der Waals surface area (Å²) in [7, 11) is 0. The van der Waals surface area contributed by atoms with Gasteiger partial charge in [-0.15, -0.1) is 0 Å². The predicted molar refractivity (Wildman–Crippen MR) is 116 cm³/mol. The van der Waals surface area contributed by atoms with E-state index in [1.165, 1.54) is 6.07 Å². The van der Waals surface area contributed by atoms with Gasteiger partial charge in [0.25, 0.3) is 0 Å². The number of ketones is 1. The Morgan fingerprint density at radius 3 is 2.65 bits per heavy atom. The minimum absolute atomic E-state index is 0.0770. The molecule has 3 aromatic rings. The normalized spacial score (nSPS) is 22.5. The Bertz CT molecular complexity index is 1120. The SMILES string of the molecule is Cc1cc(C)nc(N2CC3CNC(C(=O)c4c(F)cccc4-c4ccccn4)C3C2)n1. The predicted octanol–water partition coefficient (Wildman–Crippen LogP) is 3.20. The number of carbonyl (C=O) groups excluding carboxylic acids is 1. The maximum absolute atomic E-state index is 14.9. The van der Waals surface area contributed by atoms with E-state index in [0.29, 0.717) is 29.7 Å². The van der Waals surface area contributed by atoms with Gasteiger partial charge in [-0.2, -0.15) is 0 Å². The molecule has 0 radical (unpaired) electrons. The summed E-state index contributed by atoms with van der Waals surface area (Å²) < 4.78 is 14.9. The summed E-state index contributed by atoms with van der Waals surface area (Å²) in [5.41, 5.74) is 3.09. The van der Waals surface area contributed by atoms with Gasteiger partial charge >= 0.3 is 0 Å². The molecule has 0 saturated carbocycles. The first-order valence-corrected chi connectivity index (χ1v) is 10.6. The average molecular weight is 417 g/mol. The molecule has 2 saturated heterocycles. The van der Waals surface area contributed by atoms with Crippen LogP contribution in [-0.2, 0) is 0 Å². The molecule has 6 nitrogen and oxygen atoms in total. The zero-order valence-electron chi connectivity index (χ0n) is 17.5. The van der Waals surface area contributed by atoms with E-state index >= 15 is 0 Å². The average Bonchev–Trinajstić information content (AvgIpc) is 3.34. The number of nitrogens with one attached hydrogen (secondary N) is 1. The number of carbonyl (C=O) groups is 1. The van der Waals surface area contributed by atoms with Crippen LogP contribution in [0.3, 0.4) is 0 Å². The van der Waals surface area contributed by atoms with Gasteiger partial charge in [0.2, 0.25) is 5.95 Å². The molecule has 0 amide bonds. The van der Waals surface area contributed by atoms with E-state index in [1.807, 2.05) is 26.0 Å². The largest absolute Gasteiger partial charge is 0.340 e. The molecule has 2 aliphatic heterocycles. The Morgan fingerprint density at radius 2 is 1.90 bits per heavy atom. The fourth-order valence-electron chi connectivity index (χ4n) is 4.88. The standard InChI is InChI=1S/C24H24FN5O/c1-14-10-15(2)29-24(28-14)30-12-16-11-27-22(18(16)13-30)23(31)21-17(6-5-7-19(21)25)20-8-3-4-9-26-20/h3-10,16,18,22,27H,11-13H2,1-2H3. The highest BCUT2D eigenvalue weighted by Crippen LogP contribution is 2.36. The van der Waals surface area contributed by atoms with E-state index in [2.05, 4.69) is 25.2 Å². The fourth-order valence-corrected chi connectivity index (χ4v) is 4.88. The van der Waals surface area contributed by atoms with Gasteiger partial charge < -0.3 is 10.2 Å². The number of hydrogen-bond donors (Lipinski definition) is 1. The molecule has 3 atom stereocenters. The molecular formula is C24H24FN5O. The summed E-state index contributed by atoms with van der Waals surface area (Å²) >= 11 is 0. The van der Waals surface area contributed by atoms with Crippen molar-refractivity contribution in [1.29, 1.82) is 0 Å². The Hall–Kier alpha value is -3.19. The number of halogens is 1. The maximum atomic E-state index is 14.9. The zero-order valence-corrected chi connectivity index (χ0v) is 17.5. The van der Waals surface area contributed by atoms with Crippen molar-refractivity contribution in [2.24, 2.45) is 11.8 Å². The molecule has 2 aliphatic rings. The van der Waals surface area contributed by atoms with Crippen molar-refractivity contribution in [1.82, 2.24) is 20.3 Å². The molecule has 3 unspecified atom stereocenters. The number of hydrogen-bond acceptors (Lipinski definition) is 6. The van der Waals surface area contributed by atoms with Crippen LogP contribution in [0.5, 0.6) is 0 Å². The quantitative estimate of drug-likeness (QED) is 0.658. The van der Waals surface area contributed by atoms with Crippen molar-refractivity contribution in [3.63, 3.8) is 0 Å². The van der Waals surface area contributed by atoms with Crippen LogP contribution < -0.4 is 10.2 Å². The third-order valence-corrected chi connectivity index (χ3v) is 6.26. The first-order chi connectivity index (χ1) is 15.0. The van der Waals surface area contributed by atoms with Crippen LogP contribution in [0.2, 0.25) is 0 Å². The number of rotatable bonds is 4. The van der Waals surface area contributed by atoms with Crippen molar-refractivity contribution in [2.75, 3.05) is 24.5 Å². The summed E-state index contributed by atoms with van der Waals surface area (Å²) in [6, 6.07) is 11.7. The molecule has 1 N–H and O–H groups in total. The lowest BCUT2D eigenvalue weighted by Crippen LogP contribution is -2.39. The van der Waals surface area contributed by atoms with E-state index in [-0.39, 0.29) is 17.3 Å². The van der Waals surface area contributed by atoms with Gasteiger partial charge in [0.05, 0.1) is 17.3 Å². The molecule has 0 aliphatic carbocycles. The van der Waals surface area contributed by atoms with Gasteiger partial charge in [-0.3, -0.25) is 9.78 Å². The molecular weight excluding hydrogens is 393 g/mol. The number of anilines is 1. The van der Waals surface area contributed by atoms with Crippen LogP contribution in [0.4, 0.5) is 10.3 Å². The molecule has 0 bridgehead atoms. The Labute approximate surface area is 180 Å². The van der Waals surface area contributed by atoms with Crippen molar-refractivity contribution >= 4 is 11.7 Å². The van der Waals surface area contributed by atoms with Crippen molar-refractivity contribution < 1.29 is 9.18 Å². The summed E-state index contributed by atoms with van der Waals surface area (Å²) in [6.45, 7) is 6.09. The number of aryl methyl sites for hydroxylation is 2. The molecule has 4 heterocycles. The smallest absolute Gasteiger partial charge is 0.225 e. The second-order valence-electron chi connectivity index (χ2n) is 8.41. The second kappa shape index (κ2) is 7.81. The molecule has 2 aromatic heterocycles. The van der Waals surface area contributed by atoms with Gasteiger partial charge in [-0.25, -0.2) is 14.4 Å². The van der Waals surface area contributed by atoms with Crippen LogP contribution in [-0.4, -0.2) is 46.4 Å². The minimum Gasteiger partial charge on any atom is -0.340 e. The minimum atomic E-state index is -0.508. The summed E-state index contributed by atoms with van der Waals surface area (Å²) in [5, 5.41) is 3.35. The van der Waals surface area contributed by atoms with E-state index < -0.39 is 11.9 Å². The Morgan fingerprint density at radius 1 is 1.10 bits per heavy atom. The van der Waals surface area contributed by atoms with Gasteiger partial charge in [0.1, 0.15) is 5.82 Å². The summed E-state index contributed by atoms with van der Waals surface area (Å²) in [6.07, 6.45) is 1.65. The highest BCUT2D eigenvalue weighted by molar-refractivity contribution is 6.06. The third-order valence-electron chi connectivity index (χ3n) is 6.26. The number of nitrogens with zero attached hydrogens (tertiary/aromatic N) is 4. The monoisotopic (exact) mass is 417 g/mol. The molecule has 2 fully saturated rings. The lowest BCUT2D eigenvalue weighted by Gasteiger charge is -2.22. The van der Waals surface area contributed by atoms with E-state index in [1.54, 1.807) is 30.5 Å². The fraction of sp³-hybridized carbons (Fsp3) is 0.333. The summed E-state index contributed by atoms with van der Waals surface area (Å²) in [4.78, 5) is 29.2. The van der Waals surface area contributed by atoms with Crippen molar-refractivity contribution in [3.8, 4) is 11.3 Å². The number of aromatic nitrogens is 3. The highest BCUT2D eigenvalue weighted by atomic mass is 19.1. The molecule has 1 aromatic carbocycles. The van der Waals surface area contributed by atoms with Crippen LogP contribution in [0.1, 0.15) is 21.7 Å². The molecule has 158 valence electrons. The highest BCUT2D eigenvalue weighted by Gasteiger charge is 2.47. The Balaban J connectivity index is 1.44. The van der Waals surface area contributed by atoms with E-state index in [0.717, 1.165) is 24.5 Å². The zero-order chi connectivity index (χ0) is 21.5. The Kier molecular flexibility index (Phi) is 4.98.